The highest BCUT2D eigenvalue weighted by Crippen LogP contribution is 2.52. The van der Waals surface area contributed by atoms with E-state index in [0.717, 1.165) is 93.1 Å². The van der Waals surface area contributed by atoms with Crippen LogP contribution in [0.5, 0.6) is 0 Å². The molecular formula is C93H75F15N12O9. The summed E-state index contributed by atoms with van der Waals surface area (Å²) in [6.45, 7) is 0.543. The summed E-state index contributed by atoms with van der Waals surface area (Å²) in [5, 5.41) is 43.5. The first-order valence-electron chi connectivity index (χ1n) is 40.0. The van der Waals surface area contributed by atoms with Gasteiger partial charge < -0.3 is 45.2 Å². The van der Waals surface area contributed by atoms with Gasteiger partial charge in [0, 0.05) is 73.8 Å². The Morgan fingerprint density at radius 1 is 0.357 bits per heavy atom. The molecule has 6 heterocycles. The van der Waals surface area contributed by atoms with E-state index in [-0.39, 0.29) is 172 Å². The van der Waals surface area contributed by atoms with Crippen LogP contribution in [0.2, 0.25) is 0 Å². The minimum atomic E-state index is -4.63. The summed E-state index contributed by atoms with van der Waals surface area (Å²) in [4.78, 5) is 91.3. The zero-order valence-electron chi connectivity index (χ0n) is 69.1. The van der Waals surface area contributed by atoms with Gasteiger partial charge in [0.2, 0.25) is 17.1 Å². The Morgan fingerprint density at radius 3 is 0.783 bits per heavy atom. The molecule has 6 aromatic heterocycles. The molecule has 129 heavy (non-hydrogen) atoms. The van der Waals surface area contributed by atoms with E-state index in [2.05, 4.69) is 65.1 Å². The molecule has 6 N–H and O–H groups in total. The third kappa shape index (κ3) is 20.7. The molecule has 3 aliphatic carbocycles. The van der Waals surface area contributed by atoms with Crippen LogP contribution in [0, 0.1) is 103 Å². The number of nitrogens with zero attached hydrogens (tertiary/aromatic N) is 6. The number of alkyl halides is 9. The van der Waals surface area contributed by atoms with E-state index >= 15 is 0 Å². The lowest BCUT2D eigenvalue weighted by Gasteiger charge is -2.20. The van der Waals surface area contributed by atoms with Crippen LogP contribution < -0.4 is 31.9 Å². The summed E-state index contributed by atoms with van der Waals surface area (Å²) < 4.78 is 222. The Morgan fingerprint density at radius 2 is 0.581 bits per heavy atom. The van der Waals surface area contributed by atoms with E-state index in [1.807, 2.05) is 0 Å². The van der Waals surface area contributed by atoms with Crippen molar-refractivity contribution in [2.45, 2.75) is 97.1 Å². The van der Waals surface area contributed by atoms with Crippen molar-refractivity contribution in [2.75, 3.05) is 56.7 Å². The number of anilines is 3. The fourth-order valence-electron chi connectivity index (χ4n) is 15.1. The lowest BCUT2D eigenvalue weighted by molar-refractivity contribution is -0.116. The fraction of sp³-hybridized carbons (Fsp3) is 0.290. The van der Waals surface area contributed by atoms with E-state index in [1.165, 1.54) is 112 Å². The van der Waals surface area contributed by atoms with Crippen LogP contribution in [-0.4, -0.2) is 109 Å². The van der Waals surface area contributed by atoms with E-state index < -0.39 is 124 Å². The van der Waals surface area contributed by atoms with Gasteiger partial charge in [-0.1, -0.05) is 18.2 Å². The summed E-state index contributed by atoms with van der Waals surface area (Å²) in [7, 11) is 4.12. The van der Waals surface area contributed by atoms with Crippen molar-refractivity contribution in [1.29, 1.82) is 15.8 Å². The van der Waals surface area contributed by atoms with Gasteiger partial charge >= 0.3 is 18.5 Å². The molecule has 3 atom stereocenters. The molecule has 0 bridgehead atoms. The second kappa shape index (κ2) is 36.5. The molecule has 12 aromatic rings. The lowest BCUT2D eigenvalue weighted by Crippen LogP contribution is -2.22. The number of rotatable bonds is 27. The quantitative estimate of drug-likeness (QED) is 0.0206. The van der Waals surface area contributed by atoms with Crippen LogP contribution in [0.3, 0.4) is 0 Å². The highest BCUT2D eigenvalue weighted by molar-refractivity contribution is 6.15. The lowest BCUT2D eigenvalue weighted by atomic mass is 9.80. The van der Waals surface area contributed by atoms with E-state index in [9.17, 15) is 110 Å². The standard InChI is InChI=1S/3C31H25F5N4O3/c3*1-30(14-37,18-6-7-18)13-24(41)21-11-17(5-10-23(21)33)20-12-22-25(28(42)38-2)26(16-3-8-19(32)9-4-16)43-29(22)40-27(20)39-15-31(34,35)36/h3*3-5,8-12,18H,6-7,13,15H2,1-2H3,(H,38,42)(H,39,40). The summed E-state index contributed by atoms with van der Waals surface area (Å²) >= 11 is 0. The number of carbonyl (C=O) groups is 6. The highest BCUT2D eigenvalue weighted by Gasteiger charge is 2.47. The van der Waals surface area contributed by atoms with E-state index in [0.29, 0.717) is 16.7 Å². The van der Waals surface area contributed by atoms with Crippen molar-refractivity contribution in [3.63, 3.8) is 0 Å². The first-order chi connectivity index (χ1) is 61.0. The van der Waals surface area contributed by atoms with Crippen molar-refractivity contribution in [2.24, 2.45) is 34.0 Å². The van der Waals surface area contributed by atoms with Gasteiger partial charge in [-0.3, -0.25) is 28.8 Å². The predicted octanol–water partition coefficient (Wildman–Crippen LogP) is 21.9. The number of benzene rings is 6. The SMILES string of the molecule is CNC(=O)c1c(-c2ccc(F)cc2)oc2nc(NCC(F)(F)F)c(-c3ccc(F)c(C(=O)CC(C)(C#N)C4CC4)c3)cc12.CNC(=O)c1c(-c2ccc(F)cc2)oc2nc(NCC(F)(F)F)c(-c3ccc(F)c(C(=O)CC(C)(C#N)C4CC4)c3)cc12.CNC(=O)c1c(-c2ccc(F)cc2)oc2nc(NCC(F)(F)F)c(-c3ccc(F)c(C(=O)CC(C)(C#N)C4CC4)c3)cc12. The average molecular weight is 1790 g/mol. The number of ketones is 3. The van der Waals surface area contributed by atoms with Gasteiger partial charge in [-0.25, -0.2) is 26.3 Å². The molecule has 3 aliphatic rings. The van der Waals surface area contributed by atoms with Crippen molar-refractivity contribution in [3.05, 3.63) is 214 Å². The molecule has 3 fully saturated rings. The number of fused-ring (bicyclic) bond motifs is 3. The minimum absolute atomic E-state index is 0.00612. The minimum Gasteiger partial charge on any atom is -0.437 e. The summed E-state index contributed by atoms with van der Waals surface area (Å²) in [6, 6.07) is 36.3. The topological polar surface area (TPSA) is 324 Å². The molecular weight excluding hydrogens is 1710 g/mol. The molecule has 0 spiro atoms. The number of hydrogen-bond donors (Lipinski definition) is 6. The zero-order chi connectivity index (χ0) is 93.3. The van der Waals surface area contributed by atoms with E-state index in [4.69, 9.17) is 13.3 Å². The number of hydrogen-bond acceptors (Lipinski definition) is 18. The third-order valence-electron chi connectivity index (χ3n) is 22.6. The number of pyridine rings is 3. The number of Topliss-reactive ketones (excluding diaryl/α,β-unsaturated/α-hetero) is 3. The molecule has 15 rings (SSSR count). The average Bonchev–Trinajstić information content (AvgIpc) is 1.35. The highest BCUT2D eigenvalue weighted by atomic mass is 19.4. The normalized spacial score (nSPS) is 14.7. The van der Waals surface area contributed by atoms with Crippen molar-refractivity contribution in [3.8, 4) is 85.6 Å². The van der Waals surface area contributed by atoms with Crippen molar-refractivity contribution >= 4 is 85.8 Å². The van der Waals surface area contributed by atoms with Gasteiger partial charge in [-0.05, 0) is 221 Å². The summed E-state index contributed by atoms with van der Waals surface area (Å²) in [6.07, 6.45) is -9.83. The molecule has 0 saturated heterocycles. The third-order valence-corrected chi connectivity index (χ3v) is 22.6. The smallest absolute Gasteiger partial charge is 0.405 e. The van der Waals surface area contributed by atoms with Gasteiger partial charge in [0.05, 0.1) is 84.0 Å². The summed E-state index contributed by atoms with van der Waals surface area (Å²) in [5.74, 6) is -8.62. The Labute approximate surface area is 724 Å². The van der Waals surface area contributed by atoms with Gasteiger partial charge in [0.25, 0.3) is 17.7 Å². The number of nitriles is 3. The second-order valence-electron chi connectivity index (χ2n) is 32.1. The van der Waals surface area contributed by atoms with Gasteiger partial charge in [-0.15, -0.1) is 0 Å². The molecule has 6 aromatic carbocycles. The van der Waals surface area contributed by atoms with Gasteiger partial charge in [0.1, 0.15) is 89.3 Å². The number of carbonyl (C=O) groups excluding carboxylic acids is 6. The Balaban J connectivity index is 0.000000165. The number of aromatic nitrogens is 3. The van der Waals surface area contributed by atoms with Crippen molar-refractivity contribution < 1.29 is 108 Å². The maximum Gasteiger partial charge on any atom is 0.405 e. The Hall–Kier alpha value is -14.4. The Bertz CT molecular complexity index is 5930. The van der Waals surface area contributed by atoms with Crippen LogP contribution >= 0.6 is 0 Å². The second-order valence-corrected chi connectivity index (χ2v) is 32.1. The monoisotopic (exact) mass is 1790 g/mol. The fourth-order valence-corrected chi connectivity index (χ4v) is 15.1. The van der Waals surface area contributed by atoms with Crippen LogP contribution in [0.4, 0.5) is 83.3 Å². The number of amides is 3. The first kappa shape index (κ1) is 92.3. The number of halogens is 15. The zero-order valence-corrected chi connectivity index (χ0v) is 69.1. The largest absolute Gasteiger partial charge is 0.437 e. The van der Waals surface area contributed by atoms with Crippen molar-refractivity contribution in [1.82, 2.24) is 30.9 Å². The molecule has 3 unspecified atom stereocenters. The first-order valence-corrected chi connectivity index (χ1v) is 40.0. The molecule has 0 aliphatic heterocycles. The van der Waals surface area contributed by atoms with Gasteiger partial charge in [-0.2, -0.15) is 70.3 Å². The molecule has 3 amide bonds. The number of nitrogens with one attached hydrogen (secondary N) is 6. The van der Waals surface area contributed by atoms with Crippen LogP contribution in [0.1, 0.15) is 141 Å². The van der Waals surface area contributed by atoms with Gasteiger partial charge in [0.15, 0.2) is 17.3 Å². The Kier molecular flexibility index (Phi) is 26.1. The summed E-state index contributed by atoms with van der Waals surface area (Å²) in [5.41, 5.74) is -3.00. The maximum absolute atomic E-state index is 14.9. The number of furan rings is 3. The van der Waals surface area contributed by atoms with E-state index in [1.54, 1.807) is 20.8 Å². The molecule has 3 saturated carbocycles. The van der Waals surface area contributed by atoms with Crippen LogP contribution in [-0.2, 0) is 0 Å². The molecule has 666 valence electrons. The predicted molar refractivity (Wildman–Crippen MR) is 444 cm³/mol. The maximum atomic E-state index is 14.9. The van der Waals surface area contributed by atoms with Crippen LogP contribution in [0.15, 0.2) is 159 Å². The molecule has 0 radical (unpaired) electrons. The molecule has 21 nitrogen and oxygen atoms in total. The van der Waals surface area contributed by atoms with Crippen LogP contribution in [0.25, 0.3) is 101 Å². The molecule has 36 heteroatoms.